The van der Waals surface area contributed by atoms with Gasteiger partial charge in [-0.3, -0.25) is 9.59 Å². The Hall–Kier alpha value is -1.32. The number of nitrogens with zero attached hydrogens (tertiary/aromatic N) is 2. The molecule has 0 aromatic rings. The minimum absolute atomic E-state index is 0.112. The van der Waals surface area contributed by atoms with E-state index < -0.39 is 0 Å². The highest BCUT2D eigenvalue weighted by Crippen LogP contribution is 2.24. The van der Waals surface area contributed by atoms with E-state index in [9.17, 15) is 9.59 Å². The van der Waals surface area contributed by atoms with Crippen LogP contribution >= 0.6 is 23.5 Å². The lowest BCUT2D eigenvalue weighted by Gasteiger charge is -2.10. The van der Waals surface area contributed by atoms with Gasteiger partial charge in [-0.25, -0.2) is 0 Å². The predicted octanol–water partition coefficient (Wildman–Crippen LogP) is 2.85. The van der Waals surface area contributed by atoms with Crippen LogP contribution in [0.15, 0.2) is 22.5 Å². The third-order valence-electron chi connectivity index (χ3n) is 1.56. The van der Waals surface area contributed by atoms with Crippen LogP contribution < -0.4 is 0 Å². The Kier molecular flexibility index (Phi) is 8.08. The van der Waals surface area contributed by atoms with Crippen molar-refractivity contribution >= 4 is 34.0 Å². The van der Waals surface area contributed by atoms with E-state index in [0.717, 1.165) is 23.5 Å². The number of terminal acetylenes is 1. The molecule has 0 rings (SSSR count). The number of hydrogen-bond acceptors (Lipinski definition) is 4. The predicted molar refractivity (Wildman–Crippen MR) is 79.4 cm³/mol. The summed E-state index contributed by atoms with van der Waals surface area (Å²) in [5.74, 6) is 2.35. The van der Waals surface area contributed by atoms with E-state index in [0.29, 0.717) is 4.91 Å². The highest BCUT2D eigenvalue weighted by atomic mass is 32.2. The van der Waals surface area contributed by atoms with Gasteiger partial charge in [0.05, 0.1) is 0 Å². The lowest BCUT2D eigenvalue weighted by Crippen LogP contribution is -2.16. The molecule has 0 aliphatic heterocycles. The second kappa shape index (κ2) is 8.72. The topological polar surface area (TPSA) is 40.6 Å². The summed E-state index contributed by atoms with van der Waals surface area (Å²) in [6, 6.07) is 0. The smallest absolute Gasteiger partial charge is 0.285 e. The Balaban J connectivity index is 4.74. The van der Waals surface area contributed by atoms with E-state index in [1.807, 2.05) is 0 Å². The largest absolute Gasteiger partial charge is 0.339 e. The Morgan fingerprint density at radius 1 is 1.11 bits per heavy atom. The van der Waals surface area contributed by atoms with Gasteiger partial charge in [0.25, 0.3) is 10.5 Å². The van der Waals surface area contributed by atoms with Crippen LogP contribution in [0.2, 0.25) is 0 Å². The number of hydrogen-bond donors (Lipinski definition) is 0. The normalized spacial score (nSPS) is 11.2. The van der Waals surface area contributed by atoms with Crippen LogP contribution in [0.3, 0.4) is 0 Å². The molecule has 0 bridgehead atoms. The van der Waals surface area contributed by atoms with E-state index in [4.69, 9.17) is 6.42 Å². The van der Waals surface area contributed by atoms with Crippen LogP contribution in [0.4, 0.5) is 9.59 Å². The fourth-order valence-corrected chi connectivity index (χ4v) is 2.00. The second-order valence-electron chi connectivity index (χ2n) is 3.56. The molecule has 0 saturated carbocycles. The number of allylic oxidation sites excluding steroid dienone is 2. The van der Waals surface area contributed by atoms with Gasteiger partial charge in [0.1, 0.15) is 0 Å². The highest BCUT2D eigenvalue weighted by Gasteiger charge is 2.09. The first-order chi connectivity index (χ1) is 8.38. The van der Waals surface area contributed by atoms with Crippen molar-refractivity contribution in [1.29, 1.82) is 0 Å². The number of amides is 2. The zero-order chi connectivity index (χ0) is 14.1. The first kappa shape index (κ1) is 16.7. The van der Waals surface area contributed by atoms with Crippen molar-refractivity contribution < 1.29 is 9.59 Å². The summed E-state index contributed by atoms with van der Waals surface area (Å²) in [6.45, 7) is 0. The molecule has 4 nitrogen and oxygen atoms in total. The molecular formula is C12H16N2O2S2. The molecule has 2 amide bonds. The Bertz CT molecular complexity index is 407. The zero-order valence-electron chi connectivity index (χ0n) is 10.8. The third-order valence-corrected chi connectivity index (χ3v) is 3.67. The van der Waals surface area contributed by atoms with Gasteiger partial charge in [0.15, 0.2) is 0 Å². The second-order valence-corrected chi connectivity index (χ2v) is 5.41. The van der Waals surface area contributed by atoms with Gasteiger partial charge in [-0.15, -0.1) is 6.42 Å². The molecule has 0 heterocycles. The van der Waals surface area contributed by atoms with Gasteiger partial charge in [-0.1, -0.05) is 5.92 Å². The first-order valence-electron chi connectivity index (χ1n) is 4.98. The number of thioether (sulfide) groups is 2. The molecule has 0 fully saturated rings. The fourth-order valence-electron chi connectivity index (χ4n) is 0.634. The van der Waals surface area contributed by atoms with Crippen molar-refractivity contribution in [1.82, 2.24) is 9.80 Å². The molecule has 98 valence electrons. The highest BCUT2D eigenvalue weighted by molar-refractivity contribution is 8.19. The fraction of sp³-hybridized carbons (Fsp3) is 0.333. The average molecular weight is 284 g/mol. The standard InChI is InChI=1S/C12H16N2O2S2/c1-6-7-8-10(18-12(16)14(4)5)9-17-11(15)13(2)3/h1,7-9H,2-5H3/b8-7-,10-9+. The summed E-state index contributed by atoms with van der Waals surface area (Å²) in [4.78, 5) is 26.5. The summed E-state index contributed by atoms with van der Waals surface area (Å²) in [5.41, 5.74) is 0. The van der Waals surface area contributed by atoms with E-state index in [1.165, 1.54) is 15.9 Å². The molecule has 0 aromatic heterocycles. The maximum atomic E-state index is 11.6. The van der Waals surface area contributed by atoms with Crippen LogP contribution in [0, 0.1) is 12.3 Å². The van der Waals surface area contributed by atoms with Crippen LogP contribution in [0.1, 0.15) is 0 Å². The van der Waals surface area contributed by atoms with Crippen molar-refractivity contribution in [2.24, 2.45) is 0 Å². The molecule has 0 aliphatic carbocycles. The Morgan fingerprint density at radius 2 is 1.67 bits per heavy atom. The minimum atomic E-state index is -0.124. The van der Waals surface area contributed by atoms with E-state index in [1.54, 1.807) is 39.7 Å². The maximum Gasteiger partial charge on any atom is 0.285 e. The maximum absolute atomic E-state index is 11.6. The molecule has 0 aromatic carbocycles. The Morgan fingerprint density at radius 3 is 2.11 bits per heavy atom. The molecule has 0 saturated heterocycles. The minimum Gasteiger partial charge on any atom is -0.339 e. The van der Waals surface area contributed by atoms with Gasteiger partial charge in [0, 0.05) is 33.1 Å². The molecule has 0 radical (unpaired) electrons. The summed E-state index contributed by atoms with van der Waals surface area (Å²) < 4.78 is 0. The SMILES string of the molecule is C#C/C=C\C(=C/SC(=O)N(C)C)SC(=O)N(C)C. The summed E-state index contributed by atoms with van der Waals surface area (Å²) in [6.07, 6.45) is 8.24. The molecule has 0 aliphatic rings. The molecule has 0 atom stereocenters. The van der Waals surface area contributed by atoms with Crippen LogP contribution in [0.5, 0.6) is 0 Å². The van der Waals surface area contributed by atoms with Gasteiger partial charge in [0.2, 0.25) is 0 Å². The van der Waals surface area contributed by atoms with Gasteiger partial charge in [-0.05, 0) is 41.1 Å². The van der Waals surface area contributed by atoms with Crippen molar-refractivity contribution in [2.45, 2.75) is 0 Å². The van der Waals surface area contributed by atoms with Gasteiger partial charge < -0.3 is 9.80 Å². The molecule has 0 N–H and O–H groups in total. The van der Waals surface area contributed by atoms with Crippen molar-refractivity contribution in [3.63, 3.8) is 0 Å². The van der Waals surface area contributed by atoms with Crippen molar-refractivity contribution in [2.75, 3.05) is 28.2 Å². The molecular weight excluding hydrogens is 268 g/mol. The number of carbonyl (C=O) groups is 2. The van der Waals surface area contributed by atoms with Gasteiger partial charge in [-0.2, -0.15) is 0 Å². The number of rotatable bonds is 3. The lowest BCUT2D eigenvalue weighted by atomic mass is 10.5. The molecule has 0 spiro atoms. The van der Waals surface area contributed by atoms with Crippen LogP contribution in [0.25, 0.3) is 0 Å². The van der Waals surface area contributed by atoms with Crippen molar-refractivity contribution in [3.05, 3.63) is 22.5 Å². The summed E-state index contributed by atoms with van der Waals surface area (Å²) in [7, 11) is 6.66. The van der Waals surface area contributed by atoms with E-state index >= 15 is 0 Å². The molecule has 18 heavy (non-hydrogen) atoms. The van der Waals surface area contributed by atoms with Crippen LogP contribution in [-0.4, -0.2) is 48.5 Å². The van der Waals surface area contributed by atoms with Crippen LogP contribution in [-0.2, 0) is 0 Å². The van der Waals surface area contributed by atoms with E-state index in [-0.39, 0.29) is 10.5 Å². The first-order valence-corrected chi connectivity index (χ1v) is 6.68. The molecule has 0 unspecified atom stereocenters. The Labute approximate surface area is 116 Å². The number of carbonyl (C=O) groups excluding carboxylic acids is 2. The third kappa shape index (κ3) is 7.09. The summed E-state index contributed by atoms with van der Waals surface area (Å²) >= 11 is 2.03. The van der Waals surface area contributed by atoms with E-state index in [2.05, 4.69) is 5.92 Å². The summed E-state index contributed by atoms with van der Waals surface area (Å²) in [5, 5.41) is 1.38. The van der Waals surface area contributed by atoms with Crippen molar-refractivity contribution in [3.8, 4) is 12.3 Å². The average Bonchev–Trinajstić information content (AvgIpc) is 2.31. The quantitative estimate of drug-likeness (QED) is 0.590. The molecule has 6 heteroatoms. The lowest BCUT2D eigenvalue weighted by molar-refractivity contribution is 0.240. The monoisotopic (exact) mass is 284 g/mol. The zero-order valence-corrected chi connectivity index (χ0v) is 12.5. The van der Waals surface area contributed by atoms with Gasteiger partial charge >= 0.3 is 0 Å².